The average Bonchev–Trinajstić information content (AvgIpc) is 2.18. The number of hydrogen-bond donors (Lipinski definition) is 0. The molecule has 0 N–H and O–H groups in total. The standard InChI is InChI=1S/C12H14O2/c1-11(13)14-10-6-5-9-12-7-3-2-4-8-12/h2-4,6-8,10H,5,9H2,1H3/b10-6-. The van der Waals surface area contributed by atoms with Gasteiger partial charge in [-0.3, -0.25) is 4.79 Å². The van der Waals surface area contributed by atoms with E-state index in [4.69, 9.17) is 0 Å². The fraction of sp³-hybridized carbons (Fsp3) is 0.250. The number of rotatable bonds is 4. The normalized spacial score (nSPS) is 10.4. The summed E-state index contributed by atoms with van der Waals surface area (Å²) in [7, 11) is 0. The fourth-order valence-electron chi connectivity index (χ4n) is 1.11. The lowest BCUT2D eigenvalue weighted by Crippen LogP contribution is -1.89. The number of aryl methyl sites for hydroxylation is 1. The molecule has 0 aromatic heterocycles. The Morgan fingerprint density at radius 3 is 2.71 bits per heavy atom. The van der Waals surface area contributed by atoms with E-state index in [2.05, 4.69) is 16.9 Å². The van der Waals surface area contributed by atoms with E-state index in [-0.39, 0.29) is 5.97 Å². The number of carbonyl (C=O) groups is 1. The molecule has 1 aromatic carbocycles. The maximum Gasteiger partial charge on any atom is 0.307 e. The number of ether oxygens (including phenoxy) is 1. The van der Waals surface area contributed by atoms with E-state index in [0.29, 0.717) is 0 Å². The Morgan fingerprint density at radius 2 is 2.07 bits per heavy atom. The molecule has 0 fully saturated rings. The summed E-state index contributed by atoms with van der Waals surface area (Å²) >= 11 is 0. The Bertz CT molecular complexity index is 301. The van der Waals surface area contributed by atoms with Crippen molar-refractivity contribution in [1.29, 1.82) is 0 Å². The van der Waals surface area contributed by atoms with E-state index in [9.17, 15) is 4.79 Å². The second-order valence-electron chi connectivity index (χ2n) is 3.01. The summed E-state index contributed by atoms with van der Waals surface area (Å²) in [6.07, 6.45) is 5.16. The van der Waals surface area contributed by atoms with Crippen LogP contribution in [0.25, 0.3) is 0 Å². The molecule has 0 saturated carbocycles. The second kappa shape index (κ2) is 5.97. The van der Waals surface area contributed by atoms with Crippen LogP contribution in [0.3, 0.4) is 0 Å². The van der Waals surface area contributed by atoms with Crippen LogP contribution in [-0.4, -0.2) is 5.97 Å². The van der Waals surface area contributed by atoms with Gasteiger partial charge in [-0.15, -0.1) is 0 Å². The molecule has 1 aromatic rings. The maximum atomic E-state index is 10.4. The summed E-state index contributed by atoms with van der Waals surface area (Å²) in [5.41, 5.74) is 1.29. The monoisotopic (exact) mass is 190 g/mol. The predicted molar refractivity (Wildman–Crippen MR) is 55.7 cm³/mol. The molecule has 2 heteroatoms. The molecule has 0 saturated heterocycles. The highest BCUT2D eigenvalue weighted by atomic mass is 16.5. The lowest BCUT2D eigenvalue weighted by Gasteiger charge is -1.96. The van der Waals surface area contributed by atoms with Crippen LogP contribution in [-0.2, 0) is 16.0 Å². The van der Waals surface area contributed by atoms with Crippen molar-refractivity contribution in [3.8, 4) is 0 Å². The van der Waals surface area contributed by atoms with E-state index in [1.807, 2.05) is 24.3 Å². The lowest BCUT2D eigenvalue weighted by molar-refractivity contribution is -0.135. The van der Waals surface area contributed by atoms with Crippen molar-refractivity contribution < 1.29 is 9.53 Å². The van der Waals surface area contributed by atoms with Gasteiger partial charge in [0.05, 0.1) is 6.26 Å². The molecule has 14 heavy (non-hydrogen) atoms. The molecule has 0 atom stereocenters. The van der Waals surface area contributed by atoms with E-state index in [1.54, 1.807) is 0 Å². The van der Waals surface area contributed by atoms with Crippen LogP contribution in [0.2, 0.25) is 0 Å². The topological polar surface area (TPSA) is 26.3 Å². The van der Waals surface area contributed by atoms with Crippen LogP contribution in [0.5, 0.6) is 0 Å². The van der Waals surface area contributed by atoms with Crippen LogP contribution >= 0.6 is 0 Å². The first kappa shape index (κ1) is 10.5. The van der Waals surface area contributed by atoms with Gasteiger partial charge in [-0.05, 0) is 24.5 Å². The third-order valence-corrected chi connectivity index (χ3v) is 1.77. The lowest BCUT2D eigenvalue weighted by atomic mass is 10.1. The number of hydrogen-bond acceptors (Lipinski definition) is 2. The van der Waals surface area contributed by atoms with Crippen molar-refractivity contribution in [2.24, 2.45) is 0 Å². The van der Waals surface area contributed by atoms with E-state index in [1.165, 1.54) is 18.7 Å². The summed E-state index contributed by atoms with van der Waals surface area (Å²) in [6, 6.07) is 10.2. The molecule has 0 aliphatic heterocycles. The summed E-state index contributed by atoms with van der Waals surface area (Å²) in [5, 5.41) is 0. The largest absolute Gasteiger partial charge is 0.435 e. The molecular formula is C12H14O2. The van der Waals surface area contributed by atoms with Crippen LogP contribution < -0.4 is 0 Å². The van der Waals surface area contributed by atoms with Crippen LogP contribution in [0.4, 0.5) is 0 Å². The van der Waals surface area contributed by atoms with Gasteiger partial charge in [0, 0.05) is 6.92 Å². The molecule has 2 nitrogen and oxygen atoms in total. The Balaban J connectivity index is 2.22. The van der Waals surface area contributed by atoms with E-state index in [0.717, 1.165) is 12.8 Å². The number of carbonyl (C=O) groups excluding carboxylic acids is 1. The Kier molecular flexibility index (Phi) is 4.48. The van der Waals surface area contributed by atoms with Crippen molar-refractivity contribution in [3.05, 3.63) is 48.2 Å². The van der Waals surface area contributed by atoms with Gasteiger partial charge in [0.15, 0.2) is 0 Å². The van der Waals surface area contributed by atoms with E-state index < -0.39 is 0 Å². The van der Waals surface area contributed by atoms with Gasteiger partial charge in [-0.2, -0.15) is 0 Å². The van der Waals surface area contributed by atoms with Crippen molar-refractivity contribution in [1.82, 2.24) is 0 Å². The molecule has 0 aliphatic carbocycles. The minimum atomic E-state index is -0.277. The number of allylic oxidation sites excluding steroid dienone is 1. The quantitative estimate of drug-likeness (QED) is 0.539. The first-order chi connectivity index (χ1) is 6.79. The minimum absolute atomic E-state index is 0.277. The summed E-state index contributed by atoms with van der Waals surface area (Å²) in [5.74, 6) is -0.277. The highest BCUT2D eigenvalue weighted by Crippen LogP contribution is 2.02. The number of benzene rings is 1. The van der Waals surface area contributed by atoms with Gasteiger partial charge < -0.3 is 4.74 Å². The molecule has 1 rings (SSSR count). The van der Waals surface area contributed by atoms with Gasteiger partial charge in [-0.25, -0.2) is 0 Å². The summed E-state index contributed by atoms with van der Waals surface area (Å²) in [4.78, 5) is 10.4. The highest BCUT2D eigenvalue weighted by Gasteiger charge is 1.88. The predicted octanol–water partition coefficient (Wildman–Crippen LogP) is 2.70. The minimum Gasteiger partial charge on any atom is -0.435 e. The van der Waals surface area contributed by atoms with Gasteiger partial charge in [0.1, 0.15) is 0 Å². The average molecular weight is 190 g/mol. The van der Waals surface area contributed by atoms with Crippen LogP contribution in [0, 0.1) is 0 Å². The molecule has 0 heterocycles. The van der Waals surface area contributed by atoms with Gasteiger partial charge in [0.25, 0.3) is 0 Å². The van der Waals surface area contributed by atoms with Crippen molar-refractivity contribution in [2.45, 2.75) is 19.8 Å². The summed E-state index contributed by atoms with van der Waals surface area (Å²) in [6.45, 7) is 1.39. The first-order valence-electron chi connectivity index (χ1n) is 4.65. The van der Waals surface area contributed by atoms with Crippen LogP contribution in [0.1, 0.15) is 18.9 Å². The molecule has 0 spiro atoms. The zero-order chi connectivity index (χ0) is 10.2. The van der Waals surface area contributed by atoms with Crippen LogP contribution in [0.15, 0.2) is 42.7 Å². The molecule has 0 unspecified atom stereocenters. The van der Waals surface area contributed by atoms with E-state index >= 15 is 0 Å². The fourth-order valence-corrected chi connectivity index (χ4v) is 1.11. The van der Waals surface area contributed by atoms with Gasteiger partial charge in [0.2, 0.25) is 0 Å². The number of esters is 1. The maximum absolute atomic E-state index is 10.4. The SMILES string of the molecule is CC(=O)O/C=C\CCc1ccccc1. The zero-order valence-electron chi connectivity index (χ0n) is 8.27. The van der Waals surface area contributed by atoms with Crippen molar-refractivity contribution in [2.75, 3.05) is 0 Å². The smallest absolute Gasteiger partial charge is 0.307 e. The third kappa shape index (κ3) is 4.45. The zero-order valence-corrected chi connectivity index (χ0v) is 8.27. The molecule has 0 bridgehead atoms. The molecule has 74 valence electrons. The molecular weight excluding hydrogens is 176 g/mol. The summed E-state index contributed by atoms with van der Waals surface area (Å²) < 4.78 is 4.66. The second-order valence-corrected chi connectivity index (χ2v) is 3.01. The van der Waals surface area contributed by atoms with Crippen molar-refractivity contribution in [3.63, 3.8) is 0 Å². The Hall–Kier alpha value is -1.57. The molecule has 0 amide bonds. The Labute approximate surface area is 84.2 Å². The molecule has 0 radical (unpaired) electrons. The third-order valence-electron chi connectivity index (χ3n) is 1.77. The van der Waals surface area contributed by atoms with Crippen molar-refractivity contribution >= 4 is 5.97 Å². The van der Waals surface area contributed by atoms with Gasteiger partial charge >= 0.3 is 5.97 Å². The van der Waals surface area contributed by atoms with Gasteiger partial charge in [-0.1, -0.05) is 30.3 Å². The highest BCUT2D eigenvalue weighted by molar-refractivity contribution is 5.66. The first-order valence-corrected chi connectivity index (χ1v) is 4.65. The Morgan fingerprint density at radius 1 is 1.36 bits per heavy atom. The molecule has 0 aliphatic rings.